The van der Waals surface area contributed by atoms with Crippen LogP contribution in [0.5, 0.6) is 0 Å². The molecule has 0 bridgehead atoms. The zero-order valence-electron chi connectivity index (χ0n) is 15.8. The summed E-state index contributed by atoms with van der Waals surface area (Å²) < 4.78 is 1.97. The SMILES string of the molecule is CC(C)N(C)CC(=O)N1C[C@H]2CCn3c(C(=O)NC4CC4)nnc3[C@@H]2C1. The molecule has 1 N–H and O–H groups in total. The zero-order valence-corrected chi connectivity index (χ0v) is 15.8. The number of carbonyl (C=O) groups excluding carboxylic acids is 2. The number of likely N-dealkylation sites (tertiary alicyclic amines) is 1. The molecule has 4 rings (SSSR count). The highest BCUT2D eigenvalue weighted by atomic mass is 16.2. The van der Waals surface area contributed by atoms with E-state index in [2.05, 4.69) is 34.3 Å². The number of hydrogen-bond donors (Lipinski definition) is 1. The van der Waals surface area contributed by atoms with Gasteiger partial charge in [0.15, 0.2) is 0 Å². The van der Waals surface area contributed by atoms with Gasteiger partial charge in [-0.25, -0.2) is 0 Å². The van der Waals surface area contributed by atoms with Gasteiger partial charge in [0.1, 0.15) is 5.82 Å². The maximum absolute atomic E-state index is 12.6. The van der Waals surface area contributed by atoms with E-state index in [-0.39, 0.29) is 17.7 Å². The van der Waals surface area contributed by atoms with Crippen LogP contribution in [0.25, 0.3) is 0 Å². The molecule has 1 saturated heterocycles. The number of nitrogens with one attached hydrogen (secondary N) is 1. The summed E-state index contributed by atoms with van der Waals surface area (Å²) in [6, 6.07) is 0.656. The van der Waals surface area contributed by atoms with Crippen LogP contribution in [0.15, 0.2) is 0 Å². The van der Waals surface area contributed by atoms with Crippen LogP contribution in [0.2, 0.25) is 0 Å². The lowest BCUT2D eigenvalue weighted by molar-refractivity contribution is -0.131. The minimum atomic E-state index is -0.116. The molecular formula is C18H28N6O2. The Balaban J connectivity index is 1.46. The van der Waals surface area contributed by atoms with Crippen LogP contribution in [0, 0.1) is 5.92 Å². The molecule has 0 radical (unpaired) electrons. The van der Waals surface area contributed by atoms with Crippen molar-refractivity contribution in [3.8, 4) is 0 Å². The first kappa shape index (κ1) is 17.5. The van der Waals surface area contributed by atoms with Gasteiger partial charge in [0.2, 0.25) is 11.7 Å². The Morgan fingerprint density at radius 1 is 1.23 bits per heavy atom. The Morgan fingerprint density at radius 3 is 2.69 bits per heavy atom. The summed E-state index contributed by atoms with van der Waals surface area (Å²) in [5.74, 6) is 1.96. The molecule has 2 amide bonds. The highest BCUT2D eigenvalue weighted by Gasteiger charge is 2.42. The minimum absolute atomic E-state index is 0.116. The van der Waals surface area contributed by atoms with E-state index in [1.54, 1.807) is 0 Å². The van der Waals surface area contributed by atoms with E-state index in [0.717, 1.165) is 38.2 Å². The lowest BCUT2D eigenvalue weighted by Crippen LogP contribution is -2.40. The molecular weight excluding hydrogens is 332 g/mol. The highest BCUT2D eigenvalue weighted by molar-refractivity contribution is 5.91. The van der Waals surface area contributed by atoms with E-state index in [1.165, 1.54) is 0 Å². The van der Waals surface area contributed by atoms with Crippen molar-refractivity contribution >= 4 is 11.8 Å². The summed E-state index contributed by atoms with van der Waals surface area (Å²) in [5, 5.41) is 11.5. The van der Waals surface area contributed by atoms with E-state index in [4.69, 9.17) is 0 Å². The summed E-state index contributed by atoms with van der Waals surface area (Å²) in [5.41, 5.74) is 0. The van der Waals surface area contributed by atoms with E-state index in [1.807, 2.05) is 16.5 Å². The van der Waals surface area contributed by atoms with E-state index in [9.17, 15) is 9.59 Å². The molecule has 0 unspecified atom stereocenters. The second-order valence-corrected chi connectivity index (χ2v) is 8.24. The Hall–Kier alpha value is -1.96. The van der Waals surface area contributed by atoms with Crippen molar-refractivity contribution in [1.82, 2.24) is 29.9 Å². The van der Waals surface area contributed by atoms with Crippen molar-refractivity contribution in [3.05, 3.63) is 11.6 Å². The predicted octanol–water partition coefficient (Wildman–Crippen LogP) is 0.456. The monoisotopic (exact) mass is 360 g/mol. The Morgan fingerprint density at radius 2 is 2.00 bits per heavy atom. The van der Waals surface area contributed by atoms with Crippen LogP contribution in [0.4, 0.5) is 0 Å². The van der Waals surface area contributed by atoms with Gasteiger partial charge in [0, 0.05) is 37.6 Å². The van der Waals surface area contributed by atoms with Gasteiger partial charge < -0.3 is 14.8 Å². The molecule has 3 heterocycles. The van der Waals surface area contributed by atoms with Crippen molar-refractivity contribution in [1.29, 1.82) is 0 Å². The number of aromatic nitrogens is 3. The molecule has 2 aliphatic heterocycles. The Labute approximate surface area is 153 Å². The first-order valence-electron chi connectivity index (χ1n) is 9.66. The zero-order chi connectivity index (χ0) is 18.4. The lowest BCUT2D eigenvalue weighted by atomic mass is 9.89. The summed E-state index contributed by atoms with van der Waals surface area (Å²) in [4.78, 5) is 29.0. The number of hydrogen-bond acceptors (Lipinski definition) is 5. The lowest BCUT2D eigenvalue weighted by Gasteiger charge is -2.24. The van der Waals surface area contributed by atoms with Crippen LogP contribution in [0.1, 0.15) is 55.5 Å². The summed E-state index contributed by atoms with van der Waals surface area (Å²) in [6.45, 7) is 6.84. The fourth-order valence-electron chi connectivity index (χ4n) is 3.91. The molecule has 1 saturated carbocycles. The normalized spacial score (nSPS) is 24.7. The van der Waals surface area contributed by atoms with Gasteiger partial charge in [0.25, 0.3) is 5.91 Å². The molecule has 1 aliphatic carbocycles. The first-order chi connectivity index (χ1) is 12.4. The van der Waals surface area contributed by atoms with Crippen LogP contribution < -0.4 is 5.32 Å². The van der Waals surface area contributed by atoms with Gasteiger partial charge in [-0.3, -0.25) is 14.5 Å². The van der Waals surface area contributed by atoms with Gasteiger partial charge >= 0.3 is 0 Å². The third-order valence-electron chi connectivity index (χ3n) is 6.01. The largest absolute Gasteiger partial charge is 0.347 e. The van der Waals surface area contributed by atoms with Crippen molar-refractivity contribution in [3.63, 3.8) is 0 Å². The summed E-state index contributed by atoms with van der Waals surface area (Å²) >= 11 is 0. The number of nitrogens with zero attached hydrogens (tertiary/aromatic N) is 5. The number of carbonyl (C=O) groups is 2. The number of amides is 2. The standard InChI is InChI=1S/C18H28N6O2/c1-11(2)22(3)10-15(25)23-8-12-6-7-24-16(14(12)9-23)20-21-17(24)18(26)19-13-4-5-13/h11-14H,4-10H2,1-3H3,(H,19,26)/t12-,14-/m1/s1. The molecule has 1 aromatic rings. The maximum Gasteiger partial charge on any atom is 0.289 e. The second kappa shape index (κ2) is 6.64. The molecule has 0 spiro atoms. The van der Waals surface area contributed by atoms with Crippen LogP contribution in [-0.4, -0.2) is 75.1 Å². The first-order valence-corrected chi connectivity index (χ1v) is 9.66. The number of likely N-dealkylation sites (N-methyl/N-ethyl adjacent to an activating group) is 1. The van der Waals surface area contributed by atoms with Gasteiger partial charge in [0.05, 0.1) is 6.54 Å². The molecule has 2 atom stereocenters. The third-order valence-corrected chi connectivity index (χ3v) is 6.01. The smallest absolute Gasteiger partial charge is 0.289 e. The average Bonchev–Trinajstić information content (AvgIpc) is 3.13. The van der Waals surface area contributed by atoms with Crippen molar-refractivity contribution in [2.75, 3.05) is 26.7 Å². The molecule has 26 heavy (non-hydrogen) atoms. The second-order valence-electron chi connectivity index (χ2n) is 8.24. The van der Waals surface area contributed by atoms with Gasteiger partial charge in [-0.15, -0.1) is 10.2 Å². The summed E-state index contributed by atoms with van der Waals surface area (Å²) in [6.07, 6.45) is 3.07. The molecule has 0 aromatic carbocycles. The van der Waals surface area contributed by atoms with Gasteiger partial charge in [-0.2, -0.15) is 0 Å². The van der Waals surface area contributed by atoms with Crippen molar-refractivity contribution < 1.29 is 9.59 Å². The van der Waals surface area contributed by atoms with Crippen molar-refractivity contribution in [2.45, 2.75) is 57.7 Å². The average molecular weight is 360 g/mol. The molecule has 8 heteroatoms. The van der Waals surface area contributed by atoms with Crippen LogP contribution >= 0.6 is 0 Å². The van der Waals surface area contributed by atoms with E-state index < -0.39 is 0 Å². The fourth-order valence-corrected chi connectivity index (χ4v) is 3.91. The molecule has 3 aliphatic rings. The Bertz CT molecular complexity index is 711. The topological polar surface area (TPSA) is 83.4 Å². The predicted molar refractivity (Wildman–Crippen MR) is 95.7 cm³/mol. The van der Waals surface area contributed by atoms with Gasteiger partial charge in [-0.05, 0) is 46.1 Å². The molecule has 142 valence electrons. The highest BCUT2D eigenvalue weighted by Crippen LogP contribution is 2.38. The molecule has 8 nitrogen and oxygen atoms in total. The minimum Gasteiger partial charge on any atom is -0.347 e. The summed E-state index contributed by atoms with van der Waals surface area (Å²) in [7, 11) is 1.98. The maximum atomic E-state index is 12.6. The quantitative estimate of drug-likeness (QED) is 0.825. The number of rotatable bonds is 5. The van der Waals surface area contributed by atoms with Crippen LogP contribution in [0.3, 0.4) is 0 Å². The Kier molecular flexibility index (Phi) is 4.46. The van der Waals surface area contributed by atoms with Gasteiger partial charge in [-0.1, -0.05) is 0 Å². The van der Waals surface area contributed by atoms with E-state index >= 15 is 0 Å². The molecule has 2 fully saturated rings. The molecule has 1 aromatic heterocycles. The van der Waals surface area contributed by atoms with E-state index in [0.29, 0.717) is 36.9 Å². The third kappa shape index (κ3) is 3.22. The van der Waals surface area contributed by atoms with Crippen LogP contribution in [-0.2, 0) is 11.3 Å². The number of fused-ring (bicyclic) bond motifs is 3. The van der Waals surface area contributed by atoms with Crippen molar-refractivity contribution in [2.24, 2.45) is 5.92 Å². The fraction of sp³-hybridized carbons (Fsp3) is 0.778.